The average molecular weight is 213 g/mol. The lowest BCUT2D eigenvalue weighted by Gasteiger charge is -2.05. The summed E-state index contributed by atoms with van der Waals surface area (Å²) in [6.45, 7) is 1.75. The second-order valence-electron chi connectivity index (χ2n) is 2.90. The predicted octanol–water partition coefficient (Wildman–Crippen LogP) is 0.224. The zero-order valence-corrected chi connectivity index (χ0v) is 8.14. The Kier molecular flexibility index (Phi) is 3.33. The van der Waals surface area contributed by atoms with E-state index in [9.17, 15) is 9.59 Å². The first kappa shape index (κ1) is 11.1. The standard InChI is InChI=1S/C9H11NO5/c1-2-3-6(11)9(14)15-10-7(12)4-5-8(10)13/h4-5,12-13H,2-3H2,1H3. The fourth-order valence-electron chi connectivity index (χ4n) is 0.958. The van der Waals surface area contributed by atoms with Gasteiger partial charge in [0.05, 0.1) is 0 Å². The van der Waals surface area contributed by atoms with Gasteiger partial charge in [0.2, 0.25) is 17.5 Å². The quantitative estimate of drug-likeness (QED) is 0.698. The third kappa shape index (κ3) is 2.49. The second-order valence-corrected chi connectivity index (χ2v) is 2.90. The normalized spacial score (nSPS) is 9.93. The summed E-state index contributed by atoms with van der Waals surface area (Å²) in [5.41, 5.74) is 0. The van der Waals surface area contributed by atoms with Crippen molar-refractivity contribution in [2.24, 2.45) is 0 Å². The number of nitrogens with zero attached hydrogens (tertiary/aromatic N) is 1. The summed E-state index contributed by atoms with van der Waals surface area (Å²) in [5.74, 6) is -2.72. The molecule has 6 heteroatoms. The van der Waals surface area contributed by atoms with Gasteiger partial charge in [-0.1, -0.05) is 6.92 Å². The van der Waals surface area contributed by atoms with Gasteiger partial charge in [-0.05, 0) is 6.42 Å². The van der Waals surface area contributed by atoms with E-state index < -0.39 is 23.5 Å². The van der Waals surface area contributed by atoms with Crippen LogP contribution >= 0.6 is 0 Å². The molecule has 15 heavy (non-hydrogen) atoms. The molecule has 0 aliphatic heterocycles. The lowest BCUT2D eigenvalue weighted by molar-refractivity contribution is -0.155. The van der Waals surface area contributed by atoms with Gasteiger partial charge in [-0.25, -0.2) is 4.79 Å². The number of aromatic hydroxyl groups is 2. The van der Waals surface area contributed by atoms with Gasteiger partial charge in [0.1, 0.15) is 0 Å². The van der Waals surface area contributed by atoms with Gasteiger partial charge in [0.25, 0.3) is 0 Å². The topological polar surface area (TPSA) is 88.8 Å². The van der Waals surface area contributed by atoms with Crippen LogP contribution in [0.15, 0.2) is 12.1 Å². The Morgan fingerprint density at radius 2 is 1.87 bits per heavy atom. The Labute approximate surface area is 85.7 Å². The SMILES string of the molecule is CCCC(=O)C(=O)On1c(O)ccc1O. The predicted molar refractivity (Wildman–Crippen MR) is 49.3 cm³/mol. The van der Waals surface area contributed by atoms with Crippen LogP contribution in [-0.2, 0) is 9.59 Å². The van der Waals surface area contributed by atoms with Crippen LogP contribution in [0.25, 0.3) is 0 Å². The van der Waals surface area contributed by atoms with E-state index >= 15 is 0 Å². The first-order valence-electron chi connectivity index (χ1n) is 4.41. The monoisotopic (exact) mass is 213 g/mol. The van der Waals surface area contributed by atoms with Gasteiger partial charge in [-0.3, -0.25) is 4.79 Å². The molecule has 2 N–H and O–H groups in total. The summed E-state index contributed by atoms with van der Waals surface area (Å²) in [6.07, 6.45) is 0.596. The molecule has 0 atom stereocenters. The van der Waals surface area contributed by atoms with Crippen LogP contribution in [0.2, 0.25) is 0 Å². The van der Waals surface area contributed by atoms with Gasteiger partial charge in [0.15, 0.2) is 0 Å². The highest BCUT2D eigenvalue weighted by molar-refractivity contribution is 6.33. The molecule has 0 aliphatic rings. The smallest absolute Gasteiger partial charge is 0.399 e. The van der Waals surface area contributed by atoms with Crippen LogP contribution < -0.4 is 4.84 Å². The fourth-order valence-corrected chi connectivity index (χ4v) is 0.958. The minimum atomic E-state index is -1.11. The number of hydrogen-bond donors (Lipinski definition) is 2. The van der Waals surface area contributed by atoms with E-state index in [2.05, 4.69) is 4.84 Å². The first-order valence-corrected chi connectivity index (χ1v) is 4.41. The highest BCUT2D eigenvalue weighted by Crippen LogP contribution is 2.18. The summed E-state index contributed by atoms with van der Waals surface area (Å²) in [6, 6.07) is 2.26. The van der Waals surface area contributed by atoms with Crippen LogP contribution in [0.5, 0.6) is 11.8 Å². The van der Waals surface area contributed by atoms with Gasteiger partial charge in [0, 0.05) is 18.6 Å². The van der Waals surface area contributed by atoms with Crippen molar-refractivity contribution in [1.82, 2.24) is 4.73 Å². The molecule has 1 rings (SSSR count). The third-order valence-electron chi connectivity index (χ3n) is 1.68. The maximum absolute atomic E-state index is 11.1. The molecule has 1 aromatic heterocycles. The lowest BCUT2D eigenvalue weighted by atomic mass is 10.2. The van der Waals surface area contributed by atoms with Crippen molar-refractivity contribution >= 4 is 11.8 Å². The molecule has 82 valence electrons. The maximum atomic E-state index is 11.1. The van der Waals surface area contributed by atoms with E-state index in [1.807, 2.05) is 0 Å². The molecule has 0 saturated carbocycles. The van der Waals surface area contributed by atoms with Gasteiger partial charge in [-0.15, -0.1) is 4.73 Å². The number of Topliss-reactive ketones (excluding diaryl/α,β-unsaturated/α-hetero) is 1. The molecule has 1 heterocycles. The zero-order valence-electron chi connectivity index (χ0n) is 8.14. The van der Waals surface area contributed by atoms with Gasteiger partial charge < -0.3 is 15.1 Å². The molecule has 1 aromatic rings. The number of carbonyl (C=O) groups is 2. The highest BCUT2D eigenvalue weighted by Gasteiger charge is 2.18. The minimum Gasteiger partial charge on any atom is -0.492 e. The Hall–Kier alpha value is -1.98. The van der Waals surface area contributed by atoms with Crippen LogP contribution in [0.4, 0.5) is 0 Å². The molecule has 0 spiro atoms. The number of aromatic nitrogens is 1. The second kappa shape index (κ2) is 4.50. The summed E-state index contributed by atoms with van der Waals surface area (Å²) in [4.78, 5) is 26.6. The summed E-state index contributed by atoms with van der Waals surface area (Å²) in [5, 5.41) is 18.2. The Bertz CT molecular complexity index is 362. The minimum absolute atomic E-state index is 0.0711. The van der Waals surface area contributed by atoms with E-state index in [1.165, 1.54) is 0 Å². The van der Waals surface area contributed by atoms with Crippen LogP contribution in [0.1, 0.15) is 19.8 Å². The van der Waals surface area contributed by atoms with E-state index in [0.29, 0.717) is 11.2 Å². The molecule has 0 amide bonds. The largest absolute Gasteiger partial charge is 0.492 e. The third-order valence-corrected chi connectivity index (χ3v) is 1.68. The number of ketones is 1. The number of hydrogen-bond acceptors (Lipinski definition) is 5. The Morgan fingerprint density at radius 1 is 1.33 bits per heavy atom. The highest BCUT2D eigenvalue weighted by atomic mass is 16.7. The summed E-state index contributed by atoms with van der Waals surface area (Å²) >= 11 is 0. The van der Waals surface area contributed by atoms with Crippen molar-refractivity contribution in [3.8, 4) is 11.8 Å². The molecule has 0 unspecified atom stereocenters. The van der Waals surface area contributed by atoms with Gasteiger partial charge in [-0.2, -0.15) is 0 Å². The molecular formula is C9H11NO5. The fraction of sp³-hybridized carbons (Fsp3) is 0.333. The van der Waals surface area contributed by atoms with Crippen LogP contribution in [0.3, 0.4) is 0 Å². The lowest BCUT2D eigenvalue weighted by Crippen LogP contribution is -2.26. The molecule has 0 fully saturated rings. The molecule has 0 radical (unpaired) electrons. The van der Waals surface area contributed by atoms with Crippen molar-refractivity contribution < 1.29 is 24.6 Å². The summed E-state index contributed by atoms with van der Waals surface area (Å²) in [7, 11) is 0. The molecule has 6 nitrogen and oxygen atoms in total. The van der Waals surface area contributed by atoms with Crippen molar-refractivity contribution in [2.75, 3.05) is 0 Å². The average Bonchev–Trinajstić information content (AvgIpc) is 2.49. The zero-order chi connectivity index (χ0) is 11.4. The molecule has 0 bridgehead atoms. The van der Waals surface area contributed by atoms with Gasteiger partial charge >= 0.3 is 5.97 Å². The Morgan fingerprint density at radius 3 is 2.33 bits per heavy atom. The van der Waals surface area contributed by atoms with Crippen molar-refractivity contribution in [3.05, 3.63) is 12.1 Å². The molecular weight excluding hydrogens is 202 g/mol. The van der Waals surface area contributed by atoms with E-state index in [4.69, 9.17) is 10.2 Å². The number of rotatable bonds is 4. The maximum Gasteiger partial charge on any atom is 0.399 e. The molecule has 0 aliphatic carbocycles. The van der Waals surface area contributed by atoms with E-state index in [1.54, 1.807) is 6.92 Å². The van der Waals surface area contributed by atoms with E-state index in [-0.39, 0.29) is 6.42 Å². The first-order chi connectivity index (χ1) is 7.06. The summed E-state index contributed by atoms with van der Waals surface area (Å²) < 4.78 is 0.482. The van der Waals surface area contributed by atoms with E-state index in [0.717, 1.165) is 12.1 Å². The van der Waals surface area contributed by atoms with Crippen LogP contribution in [-0.4, -0.2) is 26.7 Å². The van der Waals surface area contributed by atoms with Crippen molar-refractivity contribution in [3.63, 3.8) is 0 Å². The molecule has 0 aromatic carbocycles. The van der Waals surface area contributed by atoms with Crippen molar-refractivity contribution in [1.29, 1.82) is 0 Å². The Balaban J connectivity index is 2.70. The molecule has 0 saturated heterocycles. The van der Waals surface area contributed by atoms with Crippen molar-refractivity contribution in [2.45, 2.75) is 19.8 Å². The van der Waals surface area contributed by atoms with Crippen LogP contribution in [0, 0.1) is 0 Å². The number of carbonyl (C=O) groups excluding carboxylic acids is 2.